The lowest BCUT2D eigenvalue weighted by Gasteiger charge is -2.13. The van der Waals surface area contributed by atoms with Crippen molar-refractivity contribution < 1.29 is 27.5 Å². The summed E-state index contributed by atoms with van der Waals surface area (Å²) in [6.45, 7) is 0.773. The molecule has 1 aromatic rings. The standard InChI is InChI=1S/C14H14ClF3N2O3/c15-10-4-3-8(14(16,17)18)6-11(10)20-13(22)12(21)19-7-9-2-1-5-23-9/h3-4,6,9H,1-2,5,7H2,(H,19,21)(H,20,22). The van der Waals surface area contributed by atoms with Gasteiger partial charge in [-0.1, -0.05) is 11.6 Å². The van der Waals surface area contributed by atoms with Crippen LogP contribution in [0.4, 0.5) is 18.9 Å². The van der Waals surface area contributed by atoms with Gasteiger partial charge >= 0.3 is 18.0 Å². The Bertz CT molecular complexity index is 601. The second-order valence-corrected chi connectivity index (χ2v) is 5.40. The monoisotopic (exact) mass is 350 g/mol. The van der Waals surface area contributed by atoms with Crippen LogP contribution in [0.5, 0.6) is 0 Å². The predicted molar refractivity (Wildman–Crippen MR) is 77.1 cm³/mol. The molecule has 2 N–H and O–H groups in total. The summed E-state index contributed by atoms with van der Waals surface area (Å²) in [6, 6.07) is 2.47. The van der Waals surface area contributed by atoms with Crippen LogP contribution in [-0.4, -0.2) is 31.1 Å². The maximum atomic E-state index is 12.6. The van der Waals surface area contributed by atoms with Gasteiger partial charge in [-0.2, -0.15) is 13.2 Å². The summed E-state index contributed by atoms with van der Waals surface area (Å²) in [5.41, 5.74) is -1.25. The van der Waals surface area contributed by atoms with Gasteiger partial charge in [-0.15, -0.1) is 0 Å². The maximum Gasteiger partial charge on any atom is 0.416 e. The number of hydrogen-bond acceptors (Lipinski definition) is 3. The normalized spacial score (nSPS) is 17.8. The highest BCUT2D eigenvalue weighted by Crippen LogP contribution is 2.33. The molecular formula is C14H14ClF3N2O3. The van der Waals surface area contributed by atoms with Crippen LogP contribution in [0, 0.1) is 0 Å². The number of carbonyl (C=O) groups excluding carboxylic acids is 2. The van der Waals surface area contributed by atoms with Crippen molar-refractivity contribution in [2.75, 3.05) is 18.5 Å². The second kappa shape index (κ2) is 7.18. The van der Waals surface area contributed by atoms with Crippen LogP contribution in [0.3, 0.4) is 0 Å². The van der Waals surface area contributed by atoms with Gasteiger partial charge in [-0.3, -0.25) is 9.59 Å². The number of benzene rings is 1. The van der Waals surface area contributed by atoms with E-state index in [-0.39, 0.29) is 23.4 Å². The first-order valence-corrected chi connectivity index (χ1v) is 7.22. The van der Waals surface area contributed by atoms with Gasteiger partial charge in [0.25, 0.3) is 0 Å². The number of amides is 2. The number of rotatable bonds is 3. The zero-order valence-electron chi connectivity index (χ0n) is 11.9. The van der Waals surface area contributed by atoms with Crippen molar-refractivity contribution in [2.45, 2.75) is 25.1 Å². The lowest BCUT2D eigenvalue weighted by Crippen LogP contribution is -2.39. The van der Waals surface area contributed by atoms with E-state index in [1.165, 1.54) is 0 Å². The van der Waals surface area contributed by atoms with Crippen molar-refractivity contribution in [2.24, 2.45) is 0 Å². The van der Waals surface area contributed by atoms with Crippen LogP contribution in [0.15, 0.2) is 18.2 Å². The van der Waals surface area contributed by atoms with Crippen molar-refractivity contribution in [3.05, 3.63) is 28.8 Å². The maximum absolute atomic E-state index is 12.6. The third-order valence-electron chi connectivity index (χ3n) is 3.26. The lowest BCUT2D eigenvalue weighted by molar-refractivity contribution is -0.137. The molecule has 0 saturated carbocycles. The molecule has 1 aliphatic rings. The average Bonchev–Trinajstić information content (AvgIpc) is 2.99. The minimum atomic E-state index is -4.58. The zero-order valence-corrected chi connectivity index (χ0v) is 12.6. The number of carbonyl (C=O) groups is 2. The van der Waals surface area contributed by atoms with Crippen LogP contribution >= 0.6 is 11.6 Å². The van der Waals surface area contributed by atoms with Gasteiger partial charge in [0.15, 0.2) is 0 Å². The molecule has 1 atom stereocenters. The molecule has 0 bridgehead atoms. The van der Waals surface area contributed by atoms with Gasteiger partial charge < -0.3 is 15.4 Å². The Kier molecular flexibility index (Phi) is 5.48. The van der Waals surface area contributed by atoms with Gasteiger partial charge in [0.2, 0.25) is 0 Å². The fourth-order valence-corrected chi connectivity index (χ4v) is 2.23. The molecule has 9 heteroatoms. The van der Waals surface area contributed by atoms with E-state index in [1.807, 2.05) is 0 Å². The summed E-state index contributed by atoms with van der Waals surface area (Å²) in [4.78, 5) is 23.4. The largest absolute Gasteiger partial charge is 0.416 e. The molecule has 1 aliphatic heterocycles. The van der Waals surface area contributed by atoms with Crippen LogP contribution in [-0.2, 0) is 20.5 Å². The van der Waals surface area contributed by atoms with Crippen LogP contribution in [0.25, 0.3) is 0 Å². The average molecular weight is 351 g/mol. The van der Waals surface area contributed by atoms with E-state index in [1.54, 1.807) is 0 Å². The van der Waals surface area contributed by atoms with Crippen LogP contribution in [0.2, 0.25) is 5.02 Å². The highest BCUT2D eigenvalue weighted by molar-refractivity contribution is 6.41. The van der Waals surface area contributed by atoms with E-state index in [2.05, 4.69) is 10.6 Å². The molecule has 5 nitrogen and oxygen atoms in total. The summed E-state index contributed by atoms with van der Waals surface area (Å²) in [6.07, 6.45) is -3.07. The molecule has 1 fully saturated rings. The molecule has 0 radical (unpaired) electrons. The molecule has 0 aliphatic carbocycles. The topological polar surface area (TPSA) is 67.4 Å². The quantitative estimate of drug-likeness (QED) is 0.823. The smallest absolute Gasteiger partial charge is 0.376 e. The molecule has 1 aromatic carbocycles. The summed E-state index contributed by atoms with van der Waals surface area (Å²) in [5, 5.41) is 4.34. The van der Waals surface area contributed by atoms with Gasteiger partial charge in [-0.25, -0.2) is 0 Å². The third kappa shape index (κ3) is 4.84. The first-order chi connectivity index (χ1) is 10.8. The third-order valence-corrected chi connectivity index (χ3v) is 3.59. The van der Waals surface area contributed by atoms with Gasteiger partial charge in [0, 0.05) is 13.2 Å². The van der Waals surface area contributed by atoms with E-state index in [0.29, 0.717) is 12.7 Å². The molecule has 2 rings (SSSR count). The fraction of sp³-hybridized carbons (Fsp3) is 0.429. The minimum Gasteiger partial charge on any atom is -0.376 e. The summed E-state index contributed by atoms with van der Waals surface area (Å²) < 4.78 is 43.2. The number of anilines is 1. The van der Waals surface area contributed by atoms with Gasteiger partial charge in [-0.05, 0) is 31.0 Å². The van der Waals surface area contributed by atoms with Crippen molar-refractivity contribution in [3.63, 3.8) is 0 Å². The Morgan fingerprint density at radius 2 is 2.04 bits per heavy atom. The molecule has 23 heavy (non-hydrogen) atoms. The van der Waals surface area contributed by atoms with Crippen molar-refractivity contribution in [1.29, 1.82) is 0 Å². The SMILES string of the molecule is O=C(NCC1CCCO1)C(=O)Nc1cc(C(F)(F)F)ccc1Cl. The molecule has 1 heterocycles. The van der Waals surface area contributed by atoms with E-state index in [0.717, 1.165) is 25.0 Å². The first kappa shape index (κ1) is 17.6. The number of alkyl halides is 3. The Morgan fingerprint density at radius 3 is 2.65 bits per heavy atom. The van der Waals surface area contributed by atoms with Crippen molar-refractivity contribution in [3.8, 4) is 0 Å². The van der Waals surface area contributed by atoms with E-state index >= 15 is 0 Å². The molecule has 1 saturated heterocycles. The second-order valence-electron chi connectivity index (χ2n) is 4.99. The van der Waals surface area contributed by atoms with Gasteiger partial charge in [0.05, 0.1) is 22.4 Å². The zero-order chi connectivity index (χ0) is 17.0. The van der Waals surface area contributed by atoms with Crippen LogP contribution < -0.4 is 10.6 Å². The number of nitrogens with one attached hydrogen (secondary N) is 2. The summed E-state index contributed by atoms with van der Waals surface area (Å²) in [7, 11) is 0. The molecule has 0 spiro atoms. The Labute approximate surface area is 135 Å². The highest BCUT2D eigenvalue weighted by Gasteiger charge is 2.31. The number of ether oxygens (including phenoxy) is 1. The first-order valence-electron chi connectivity index (χ1n) is 6.85. The number of halogens is 4. The van der Waals surface area contributed by atoms with Gasteiger partial charge in [0.1, 0.15) is 0 Å². The molecule has 1 unspecified atom stereocenters. The Morgan fingerprint density at radius 1 is 1.30 bits per heavy atom. The van der Waals surface area contributed by atoms with E-state index in [4.69, 9.17) is 16.3 Å². The molecule has 2 amide bonds. The highest BCUT2D eigenvalue weighted by atomic mass is 35.5. The summed E-state index contributed by atoms with van der Waals surface area (Å²) >= 11 is 5.74. The fourth-order valence-electron chi connectivity index (χ4n) is 2.07. The Balaban J connectivity index is 1.97. The predicted octanol–water partition coefficient (Wildman–Crippen LogP) is 2.59. The molecule has 126 valence electrons. The summed E-state index contributed by atoms with van der Waals surface area (Å²) in [5.74, 6) is -2.06. The molecular weight excluding hydrogens is 337 g/mol. The van der Waals surface area contributed by atoms with Crippen LogP contribution in [0.1, 0.15) is 18.4 Å². The van der Waals surface area contributed by atoms with Crippen molar-refractivity contribution >= 4 is 29.1 Å². The van der Waals surface area contributed by atoms with E-state index < -0.39 is 23.6 Å². The van der Waals surface area contributed by atoms with E-state index in [9.17, 15) is 22.8 Å². The lowest BCUT2D eigenvalue weighted by atomic mass is 10.2. The number of hydrogen-bond donors (Lipinski definition) is 2. The molecule has 0 aromatic heterocycles. The minimum absolute atomic E-state index is 0.0988. The Hall–Kier alpha value is -1.80. The van der Waals surface area contributed by atoms with Crippen molar-refractivity contribution in [1.82, 2.24) is 5.32 Å².